The molecule has 8 heteroatoms. The number of likely N-dealkylation sites (tertiary alicyclic amines) is 1. The number of amides is 3. The number of halogens is 1. The molecule has 0 aromatic heterocycles. The maximum atomic E-state index is 15.6. The van der Waals surface area contributed by atoms with Crippen LogP contribution in [0.1, 0.15) is 78.8 Å². The van der Waals surface area contributed by atoms with E-state index in [4.69, 9.17) is 4.74 Å². The Morgan fingerprint density at radius 2 is 1.76 bits per heavy atom. The van der Waals surface area contributed by atoms with E-state index in [1.165, 1.54) is 17.7 Å². The van der Waals surface area contributed by atoms with Crippen LogP contribution in [0.5, 0.6) is 0 Å². The molecule has 2 saturated heterocycles. The minimum atomic E-state index is -0.720. The highest BCUT2D eigenvalue weighted by Gasteiger charge is 2.41. The zero-order valence-corrected chi connectivity index (χ0v) is 19.9. The summed E-state index contributed by atoms with van der Waals surface area (Å²) in [4.78, 5) is 40.6. The molecule has 0 bridgehead atoms. The van der Waals surface area contributed by atoms with Gasteiger partial charge in [0.1, 0.15) is 11.9 Å². The molecule has 1 aromatic carbocycles. The largest absolute Gasteiger partial charge is 0.381 e. The number of piperidine rings is 2. The number of nitrogens with zero attached hydrogens (tertiary/aromatic N) is 2. The Morgan fingerprint density at radius 3 is 2.44 bits per heavy atom. The lowest BCUT2D eigenvalue weighted by Gasteiger charge is -2.36. The Kier molecular flexibility index (Phi) is 6.71. The number of nitrogens with one attached hydrogen (secondary N) is 1. The van der Waals surface area contributed by atoms with E-state index in [0.29, 0.717) is 22.8 Å². The third kappa shape index (κ3) is 4.50. The SMILES string of the molecule is CO[C@H]1CC[C@H](CN2CCC(c3ccc4c(c3F)CN(C3CCC(=O)NC3=O)C4=O)CC2)CC1. The summed E-state index contributed by atoms with van der Waals surface area (Å²) in [6.45, 7) is 3.13. The number of imide groups is 1. The zero-order valence-electron chi connectivity index (χ0n) is 19.9. The molecule has 0 spiro atoms. The Labute approximate surface area is 200 Å². The van der Waals surface area contributed by atoms with Crippen molar-refractivity contribution in [1.29, 1.82) is 0 Å². The maximum absolute atomic E-state index is 15.6. The number of benzene rings is 1. The third-order valence-corrected chi connectivity index (χ3v) is 8.35. The fourth-order valence-corrected chi connectivity index (χ4v) is 6.28. The summed E-state index contributed by atoms with van der Waals surface area (Å²) in [6, 6.07) is 2.78. The van der Waals surface area contributed by atoms with Crippen LogP contribution >= 0.6 is 0 Å². The lowest BCUT2D eigenvalue weighted by Crippen LogP contribution is -2.52. The summed E-state index contributed by atoms with van der Waals surface area (Å²) in [5.41, 5.74) is 1.43. The predicted molar refractivity (Wildman–Crippen MR) is 124 cm³/mol. The molecule has 1 N–H and O–H groups in total. The van der Waals surface area contributed by atoms with Gasteiger partial charge in [-0.05, 0) is 81.5 Å². The normalized spacial score (nSPS) is 28.8. The van der Waals surface area contributed by atoms with E-state index in [1.807, 2.05) is 0 Å². The molecule has 1 atom stereocenters. The Bertz CT molecular complexity index is 967. The highest BCUT2D eigenvalue weighted by Crippen LogP contribution is 2.37. The molecule has 34 heavy (non-hydrogen) atoms. The first-order valence-corrected chi connectivity index (χ1v) is 12.7. The van der Waals surface area contributed by atoms with Crippen molar-refractivity contribution in [2.24, 2.45) is 5.92 Å². The van der Waals surface area contributed by atoms with Gasteiger partial charge in [0.2, 0.25) is 11.8 Å². The highest BCUT2D eigenvalue weighted by atomic mass is 19.1. The first-order chi connectivity index (χ1) is 16.4. The Balaban J connectivity index is 1.21. The third-order valence-electron chi connectivity index (χ3n) is 8.35. The second kappa shape index (κ2) is 9.74. The average molecular weight is 472 g/mol. The van der Waals surface area contributed by atoms with Crippen LogP contribution in [-0.2, 0) is 20.9 Å². The minimum absolute atomic E-state index is 0.0864. The number of carbonyl (C=O) groups is 3. The molecular formula is C26H34FN3O4. The van der Waals surface area contributed by atoms with E-state index < -0.39 is 11.9 Å². The number of fused-ring (bicyclic) bond motifs is 1. The first-order valence-electron chi connectivity index (χ1n) is 12.7. The predicted octanol–water partition coefficient (Wildman–Crippen LogP) is 2.97. The second-order valence-corrected chi connectivity index (χ2v) is 10.3. The fourth-order valence-electron chi connectivity index (χ4n) is 6.28. The molecule has 1 unspecified atom stereocenters. The van der Waals surface area contributed by atoms with Gasteiger partial charge in [0.25, 0.3) is 5.91 Å². The summed E-state index contributed by atoms with van der Waals surface area (Å²) in [5, 5.41) is 2.29. The Morgan fingerprint density at radius 1 is 1.03 bits per heavy atom. The molecule has 4 aliphatic rings. The van der Waals surface area contributed by atoms with Crippen molar-refractivity contribution in [1.82, 2.24) is 15.1 Å². The zero-order chi connectivity index (χ0) is 23.8. The van der Waals surface area contributed by atoms with Crippen molar-refractivity contribution in [2.45, 2.75) is 76.0 Å². The summed E-state index contributed by atoms with van der Waals surface area (Å²) in [5.74, 6) is -0.548. The number of hydrogen-bond acceptors (Lipinski definition) is 5. The van der Waals surface area contributed by atoms with Crippen LogP contribution < -0.4 is 5.32 Å². The summed E-state index contributed by atoms with van der Waals surface area (Å²) in [7, 11) is 1.80. The topological polar surface area (TPSA) is 79.0 Å². The van der Waals surface area contributed by atoms with Crippen LogP contribution in [0.4, 0.5) is 4.39 Å². The molecule has 184 valence electrons. The van der Waals surface area contributed by atoms with Crippen molar-refractivity contribution in [3.05, 3.63) is 34.6 Å². The van der Waals surface area contributed by atoms with E-state index in [9.17, 15) is 14.4 Å². The summed E-state index contributed by atoms with van der Waals surface area (Å²) >= 11 is 0. The standard InChI is InChI=1S/C26H34FN3O4/c1-34-18-4-2-16(3-5-18)14-29-12-10-17(11-13-29)19-6-7-20-21(24(19)27)15-30(26(20)33)22-8-9-23(31)28-25(22)32/h6-7,16-18,22H,2-5,8-15H2,1H3,(H,28,31,32)/t16-,18-,22?. The summed E-state index contributed by atoms with van der Waals surface area (Å²) < 4.78 is 21.1. The lowest BCUT2D eigenvalue weighted by atomic mass is 9.84. The van der Waals surface area contributed by atoms with E-state index in [1.54, 1.807) is 19.2 Å². The number of rotatable bonds is 5. The van der Waals surface area contributed by atoms with Gasteiger partial charge in [-0.3, -0.25) is 19.7 Å². The molecule has 3 heterocycles. The summed E-state index contributed by atoms with van der Waals surface area (Å²) in [6.07, 6.45) is 7.44. The van der Waals surface area contributed by atoms with Gasteiger partial charge in [-0.2, -0.15) is 0 Å². The van der Waals surface area contributed by atoms with Crippen LogP contribution in [0.15, 0.2) is 12.1 Å². The van der Waals surface area contributed by atoms with Crippen LogP contribution in [0.25, 0.3) is 0 Å². The van der Waals surface area contributed by atoms with E-state index in [2.05, 4.69) is 10.2 Å². The molecule has 1 aromatic rings. The highest BCUT2D eigenvalue weighted by molar-refractivity contribution is 6.05. The van der Waals surface area contributed by atoms with Crippen molar-refractivity contribution < 1.29 is 23.5 Å². The van der Waals surface area contributed by atoms with Crippen LogP contribution in [0.3, 0.4) is 0 Å². The monoisotopic (exact) mass is 471 g/mol. The average Bonchev–Trinajstić information content (AvgIpc) is 3.17. The van der Waals surface area contributed by atoms with Gasteiger partial charge < -0.3 is 14.5 Å². The molecule has 1 saturated carbocycles. The van der Waals surface area contributed by atoms with E-state index in [0.717, 1.165) is 51.2 Å². The molecule has 7 nitrogen and oxygen atoms in total. The molecule has 3 amide bonds. The molecular weight excluding hydrogens is 437 g/mol. The van der Waals surface area contributed by atoms with Crippen molar-refractivity contribution >= 4 is 17.7 Å². The minimum Gasteiger partial charge on any atom is -0.381 e. The van der Waals surface area contributed by atoms with E-state index >= 15 is 4.39 Å². The second-order valence-electron chi connectivity index (χ2n) is 10.3. The van der Waals surface area contributed by atoms with Crippen molar-refractivity contribution in [3.8, 4) is 0 Å². The first kappa shape index (κ1) is 23.4. The number of ether oxygens (including phenoxy) is 1. The fraction of sp³-hybridized carbons (Fsp3) is 0.654. The van der Waals surface area contributed by atoms with Gasteiger partial charge >= 0.3 is 0 Å². The van der Waals surface area contributed by atoms with E-state index in [-0.39, 0.29) is 42.9 Å². The molecule has 5 rings (SSSR count). The van der Waals surface area contributed by atoms with Gasteiger partial charge in [0.15, 0.2) is 0 Å². The Hall–Kier alpha value is -2.32. The van der Waals surface area contributed by atoms with Crippen LogP contribution in [-0.4, -0.2) is 66.4 Å². The van der Waals surface area contributed by atoms with Gasteiger partial charge in [0.05, 0.1) is 12.6 Å². The quantitative estimate of drug-likeness (QED) is 0.668. The lowest BCUT2D eigenvalue weighted by molar-refractivity contribution is -0.136. The van der Waals surface area contributed by atoms with Gasteiger partial charge in [0, 0.05) is 31.2 Å². The van der Waals surface area contributed by atoms with Gasteiger partial charge in [-0.1, -0.05) is 6.07 Å². The smallest absolute Gasteiger partial charge is 0.255 e. The molecule has 1 aliphatic carbocycles. The number of hydrogen-bond donors (Lipinski definition) is 1. The van der Waals surface area contributed by atoms with Crippen molar-refractivity contribution in [3.63, 3.8) is 0 Å². The molecule has 0 radical (unpaired) electrons. The van der Waals surface area contributed by atoms with Crippen LogP contribution in [0.2, 0.25) is 0 Å². The molecule has 3 aliphatic heterocycles. The maximum Gasteiger partial charge on any atom is 0.255 e. The van der Waals surface area contributed by atoms with Crippen molar-refractivity contribution in [2.75, 3.05) is 26.7 Å². The molecule has 3 fully saturated rings. The van der Waals surface area contributed by atoms with Gasteiger partial charge in [-0.15, -0.1) is 0 Å². The van der Waals surface area contributed by atoms with Crippen LogP contribution in [0, 0.1) is 11.7 Å². The number of methoxy groups -OCH3 is 1. The van der Waals surface area contributed by atoms with Gasteiger partial charge in [-0.25, -0.2) is 4.39 Å². The number of carbonyl (C=O) groups excluding carboxylic acids is 3.